The average Bonchev–Trinajstić information content (AvgIpc) is 3.23. The molecule has 2 N–H and O–H groups in total. The minimum atomic E-state index is -1.16. The van der Waals surface area contributed by atoms with E-state index in [-0.39, 0.29) is 16.8 Å². The van der Waals surface area contributed by atoms with E-state index in [1.54, 1.807) is 36.4 Å². The quantitative estimate of drug-likeness (QED) is 0.553. The van der Waals surface area contributed by atoms with Crippen LogP contribution in [-0.4, -0.2) is 21.7 Å². The third-order valence-corrected chi connectivity index (χ3v) is 5.87. The molecule has 0 aromatic heterocycles. The third-order valence-electron chi connectivity index (χ3n) is 4.61. The molecule has 1 heterocycles. The molecular formula is C22H14ClN2O4S-. The standard InChI is InChI=1S/C22H14ClN2O4S/c23-18-7-3-1-6-16(18)19-12-30-21(24-19)13-9-10-14(17(11-13)22(26)27)15-5-2-4-8-20(15)25(28)29/h1-12,24H,(H-,26,27,28,29)/q-1. The summed E-state index contributed by atoms with van der Waals surface area (Å²) < 4.78 is 0. The molecule has 1 aliphatic carbocycles. The first-order chi connectivity index (χ1) is 14.5. The molecule has 4 rings (SSSR count). The third kappa shape index (κ3) is 3.72. The van der Waals surface area contributed by atoms with Crippen LogP contribution in [0, 0.1) is 10.4 Å². The Bertz CT molecular complexity index is 1300. The van der Waals surface area contributed by atoms with Crippen molar-refractivity contribution in [3.05, 3.63) is 109 Å². The maximum atomic E-state index is 11.9. The van der Waals surface area contributed by atoms with Crippen molar-refractivity contribution in [2.45, 2.75) is 0 Å². The molecule has 2 aromatic carbocycles. The number of nitrogens with zero attached hydrogens (tertiary/aromatic N) is 1. The van der Waals surface area contributed by atoms with Gasteiger partial charge in [0.1, 0.15) is 0 Å². The van der Waals surface area contributed by atoms with Crippen LogP contribution in [-0.2, 0) is 0 Å². The number of hydrogen-bond acceptors (Lipinski definition) is 5. The predicted octanol–water partition coefficient (Wildman–Crippen LogP) is 3.16. The van der Waals surface area contributed by atoms with Crippen LogP contribution in [0.25, 0.3) is 16.3 Å². The van der Waals surface area contributed by atoms with E-state index >= 15 is 0 Å². The molecule has 2 aliphatic rings. The Morgan fingerprint density at radius 1 is 1.10 bits per heavy atom. The van der Waals surface area contributed by atoms with Gasteiger partial charge in [-0.2, -0.15) is 4.90 Å². The molecule has 0 unspecified atom stereocenters. The van der Waals surface area contributed by atoms with Crippen LogP contribution in [0.4, 0.5) is 0 Å². The van der Waals surface area contributed by atoms with E-state index in [1.165, 1.54) is 23.9 Å². The van der Waals surface area contributed by atoms with Crippen LogP contribution in [0.2, 0.25) is 5.02 Å². The van der Waals surface area contributed by atoms with Crippen molar-refractivity contribution in [3.63, 3.8) is 0 Å². The van der Waals surface area contributed by atoms with Crippen molar-refractivity contribution in [3.8, 4) is 0 Å². The summed E-state index contributed by atoms with van der Waals surface area (Å²) in [6.07, 6.45) is 6.10. The number of carboxylic acids is 1. The lowest BCUT2D eigenvalue weighted by Gasteiger charge is -2.12. The van der Waals surface area contributed by atoms with Crippen LogP contribution >= 0.6 is 23.4 Å². The first-order valence-corrected chi connectivity index (χ1v) is 10.1. The summed E-state index contributed by atoms with van der Waals surface area (Å²) in [7, 11) is 0. The molecule has 2 aromatic rings. The zero-order valence-electron chi connectivity index (χ0n) is 15.3. The Kier molecular flexibility index (Phi) is 5.39. The second kappa shape index (κ2) is 8.14. The number of carbonyl (C=O) groups is 1. The number of hydrogen-bond donors (Lipinski definition) is 2. The summed E-state index contributed by atoms with van der Waals surface area (Å²) >= 11 is 7.68. The topological polar surface area (TPSA) is 98.5 Å². The smallest absolute Gasteiger partial charge is 0.336 e. The molecule has 150 valence electrons. The highest BCUT2D eigenvalue weighted by atomic mass is 35.5. The Hall–Kier alpha value is -3.42. The van der Waals surface area contributed by atoms with Gasteiger partial charge in [-0.3, -0.25) is 0 Å². The van der Waals surface area contributed by atoms with Crippen molar-refractivity contribution >= 4 is 51.3 Å². The van der Waals surface area contributed by atoms with Crippen molar-refractivity contribution in [1.29, 1.82) is 0 Å². The average molecular weight is 438 g/mol. The summed E-state index contributed by atoms with van der Waals surface area (Å²) in [4.78, 5) is 11.4. The first-order valence-electron chi connectivity index (χ1n) is 8.83. The highest BCUT2D eigenvalue weighted by Crippen LogP contribution is 2.33. The van der Waals surface area contributed by atoms with Gasteiger partial charge in [0.15, 0.2) is 0 Å². The van der Waals surface area contributed by atoms with Gasteiger partial charge in [-0.15, -0.1) is 0 Å². The minimum absolute atomic E-state index is 0.0112. The van der Waals surface area contributed by atoms with E-state index in [4.69, 9.17) is 11.6 Å². The van der Waals surface area contributed by atoms with E-state index in [0.717, 1.165) is 16.3 Å². The summed E-state index contributed by atoms with van der Waals surface area (Å²) in [6, 6.07) is 12.3. The van der Waals surface area contributed by atoms with Gasteiger partial charge >= 0.3 is 5.97 Å². The molecule has 0 spiro atoms. The zero-order valence-corrected chi connectivity index (χ0v) is 16.9. The Balaban J connectivity index is 1.83. The number of nitrogens with one attached hydrogen (secondary N) is 1. The van der Waals surface area contributed by atoms with Crippen LogP contribution in [0.15, 0.2) is 72.2 Å². The van der Waals surface area contributed by atoms with Gasteiger partial charge in [0.2, 0.25) is 5.71 Å². The molecule has 0 radical (unpaired) electrons. The summed E-state index contributed by atoms with van der Waals surface area (Å²) in [6.45, 7) is 0. The number of halogens is 1. The normalized spacial score (nSPS) is 18.8. The minimum Gasteiger partial charge on any atom is -0.612 e. The molecule has 0 saturated heterocycles. The molecule has 0 saturated carbocycles. The van der Waals surface area contributed by atoms with Crippen molar-refractivity contribution in [2.75, 3.05) is 0 Å². The Labute approximate surface area is 180 Å². The molecule has 6 nitrogen and oxygen atoms in total. The van der Waals surface area contributed by atoms with E-state index in [9.17, 15) is 20.3 Å². The molecule has 0 atom stereocenters. The van der Waals surface area contributed by atoms with Gasteiger partial charge in [0.05, 0.1) is 21.9 Å². The largest absolute Gasteiger partial charge is 0.612 e. The molecule has 8 heteroatoms. The fourth-order valence-corrected chi connectivity index (χ4v) is 4.30. The van der Waals surface area contributed by atoms with Crippen LogP contribution in [0.5, 0.6) is 0 Å². The second-order valence-corrected chi connectivity index (χ2v) is 7.71. The highest BCUT2D eigenvalue weighted by Gasteiger charge is 2.18. The first kappa shape index (κ1) is 19.9. The molecule has 0 amide bonds. The number of carboxylic acid groups (broad SMARTS) is 1. The lowest BCUT2D eigenvalue weighted by Crippen LogP contribution is -2.27. The van der Waals surface area contributed by atoms with Crippen LogP contribution in [0.1, 0.15) is 15.9 Å². The van der Waals surface area contributed by atoms with E-state index in [0.29, 0.717) is 15.5 Å². The van der Waals surface area contributed by atoms with E-state index in [1.807, 2.05) is 23.6 Å². The SMILES string of the molecule is O=C(O)c1cc(=C2NC(c3ccccc3Cl)=CS2)ccc1=C1C=CC=CC1=[N+]([O-])[O-]. The predicted molar refractivity (Wildman–Crippen MR) is 120 cm³/mol. The molecule has 30 heavy (non-hydrogen) atoms. The van der Waals surface area contributed by atoms with Crippen molar-refractivity contribution < 1.29 is 14.8 Å². The molecule has 0 bridgehead atoms. The van der Waals surface area contributed by atoms with Gasteiger partial charge < -0.3 is 20.8 Å². The monoisotopic (exact) mass is 437 g/mol. The van der Waals surface area contributed by atoms with Gasteiger partial charge in [-0.25, -0.2) is 4.79 Å². The molecule has 1 aliphatic heterocycles. The van der Waals surface area contributed by atoms with Crippen molar-refractivity contribution in [2.24, 2.45) is 0 Å². The van der Waals surface area contributed by atoms with Crippen molar-refractivity contribution in [1.82, 2.24) is 5.32 Å². The number of allylic oxidation sites excluding steroid dienone is 4. The summed E-state index contributed by atoms with van der Waals surface area (Å²) in [5.74, 6) is -1.16. The maximum Gasteiger partial charge on any atom is 0.336 e. The van der Waals surface area contributed by atoms with Gasteiger partial charge in [-0.05, 0) is 18.2 Å². The second-order valence-electron chi connectivity index (χ2n) is 6.42. The van der Waals surface area contributed by atoms with Gasteiger partial charge in [0.25, 0.3) is 0 Å². The van der Waals surface area contributed by atoms with E-state index in [2.05, 4.69) is 5.32 Å². The van der Waals surface area contributed by atoms with Crippen LogP contribution in [0.3, 0.4) is 0 Å². The van der Waals surface area contributed by atoms with Gasteiger partial charge in [0, 0.05) is 32.5 Å². The zero-order chi connectivity index (χ0) is 21.3. The lowest BCUT2D eigenvalue weighted by atomic mass is 9.99. The maximum absolute atomic E-state index is 11.9. The van der Waals surface area contributed by atoms with E-state index < -0.39 is 10.9 Å². The Morgan fingerprint density at radius 2 is 1.87 bits per heavy atom. The van der Waals surface area contributed by atoms with Crippen LogP contribution < -0.4 is 15.8 Å². The lowest BCUT2D eigenvalue weighted by molar-refractivity contribution is -0.376. The fourth-order valence-electron chi connectivity index (χ4n) is 3.21. The highest BCUT2D eigenvalue weighted by molar-refractivity contribution is 8.11. The molecule has 0 fully saturated rings. The number of benzene rings is 2. The summed E-state index contributed by atoms with van der Waals surface area (Å²) in [5, 5.41) is 40.0. The number of thioether (sulfide) groups is 1. The number of aromatic carboxylic acids is 1. The molecular weight excluding hydrogens is 424 g/mol. The fraction of sp³-hybridized carbons (Fsp3) is 0. The Morgan fingerprint density at radius 3 is 2.60 bits per heavy atom. The number of rotatable bonds is 2. The summed E-state index contributed by atoms with van der Waals surface area (Å²) in [5.41, 5.74) is 1.77. The van der Waals surface area contributed by atoms with Gasteiger partial charge in [-0.1, -0.05) is 65.8 Å².